The molecule has 3 heterocycles. The van der Waals surface area contributed by atoms with Crippen molar-refractivity contribution in [3.05, 3.63) is 140 Å². The van der Waals surface area contributed by atoms with Crippen LogP contribution < -0.4 is 14.2 Å². The number of allylic oxidation sites excluding steroid dienone is 4. The summed E-state index contributed by atoms with van der Waals surface area (Å²) in [5.41, 5.74) is 6.39. The number of esters is 1. The van der Waals surface area contributed by atoms with Gasteiger partial charge in [-0.25, -0.2) is 18.4 Å². The predicted molar refractivity (Wildman–Crippen MR) is 289 cm³/mol. The molecule has 4 aromatic carbocycles. The van der Waals surface area contributed by atoms with Crippen molar-refractivity contribution in [3.63, 3.8) is 0 Å². The fourth-order valence-electron chi connectivity index (χ4n) is 11.7. The number of carbonyl (C=O) groups excluding carboxylic acids is 3. The Bertz CT molecular complexity index is 2970. The van der Waals surface area contributed by atoms with Crippen molar-refractivity contribution in [1.29, 1.82) is 0 Å². The Balaban J connectivity index is 0.000000190. The predicted octanol–water partition coefficient (Wildman–Crippen LogP) is 14.8. The number of Topliss-reactive ketones (excluding diaryl/α,β-unsaturated/α-hetero) is 2. The molecule has 0 fully saturated rings. The second-order valence-corrected chi connectivity index (χ2v) is 22.3. The zero-order valence-electron chi connectivity index (χ0n) is 45.8. The number of ether oxygens (including phenoxy) is 4. The van der Waals surface area contributed by atoms with Crippen LogP contribution in [0.25, 0.3) is 0 Å². The summed E-state index contributed by atoms with van der Waals surface area (Å²) in [5, 5.41) is 20.7. The van der Waals surface area contributed by atoms with Crippen molar-refractivity contribution in [2.45, 2.75) is 182 Å². The Labute approximate surface area is 447 Å². The summed E-state index contributed by atoms with van der Waals surface area (Å²) in [6.45, 7) is 19.8. The van der Waals surface area contributed by atoms with Crippen LogP contribution in [0.1, 0.15) is 206 Å². The number of hydrogen-bond donors (Lipinski definition) is 2. The van der Waals surface area contributed by atoms with E-state index in [0.717, 1.165) is 81.1 Å². The van der Waals surface area contributed by atoms with E-state index in [1.165, 1.54) is 73.5 Å². The summed E-state index contributed by atoms with van der Waals surface area (Å²) in [4.78, 5) is 48.7. The molecule has 2 N–H and O–H groups in total. The molecule has 0 bridgehead atoms. The Morgan fingerprint density at radius 3 is 1.71 bits per heavy atom. The average Bonchev–Trinajstić information content (AvgIpc) is 3.36. The number of cyclic esters (lactones) is 1. The van der Waals surface area contributed by atoms with E-state index in [1.54, 1.807) is 0 Å². The van der Waals surface area contributed by atoms with Crippen LogP contribution in [0.2, 0.25) is 0 Å². The van der Waals surface area contributed by atoms with Crippen LogP contribution in [0.4, 0.5) is 8.78 Å². The first-order valence-corrected chi connectivity index (χ1v) is 27.0. The molecule has 9 rings (SSSR count). The summed E-state index contributed by atoms with van der Waals surface area (Å²) >= 11 is 0. The lowest BCUT2D eigenvalue weighted by atomic mass is 9.67. The van der Waals surface area contributed by atoms with Crippen molar-refractivity contribution < 1.29 is 57.1 Å². The molecule has 4 aromatic rings. The highest BCUT2D eigenvalue weighted by atomic mass is 19.1. The molecule has 0 radical (unpaired) electrons. The van der Waals surface area contributed by atoms with Crippen LogP contribution >= 0.6 is 0 Å². The van der Waals surface area contributed by atoms with E-state index in [0.29, 0.717) is 52.2 Å². The summed E-state index contributed by atoms with van der Waals surface area (Å²) in [5.74, 6) is 2.72. The molecule has 404 valence electrons. The first-order valence-electron chi connectivity index (χ1n) is 27.0. The highest BCUT2D eigenvalue weighted by molar-refractivity contribution is 5.97. The van der Waals surface area contributed by atoms with Crippen LogP contribution in [0, 0.1) is 35.3 Å². The maximum absolute atomic E-state index is 13.9. The van der Waals surface area contributed by atoms with Gasteiger partial charge in [0, 0.05) is 52.8 Å². The highest BCUT2D eigenvalue weighted by Gasteiger charge is 2.52. The van der Waals surface area contributed by atoms with Crippen molar-refractivity contribution in [2.24, 2.45) is 11.8 Å². The van der Waals surface area contributed by atoms with Gasteiger partial charge in [-0.3, -0.25) is 9.59 Å². The van der Waals surface area contributed by atoms with Crippen molar-refractivity contribution in [2.75, 3.05) is 0 Å². The fourth-order valence-corrected chi connectivity index (χ4v) is 11.7. The maximum Gasteiger partial charge on any atom is 0.345 e. The molecule has 0 aromatic heterocycles. The molecule has 0 spiro atoms. The number of hydrogen-bond acceptors (Lipinski definition) is 9. The van der Waals surface area contributed by atoms with Gasteiger partial charge in [-0.05, 0) is 178 Å². The van der Waals surface area contributed by atoms with Gasteiger partial charge < -0.3 is 29.2 Å². The molecule has 0 saturated heterocycles. The first kappa shape index (κ1) is 57.0. The molecule has 10 nitrogen and oxygen atoms in total. The molecule has 5 aliphatic rings. The second-order valence-electron chi connectivity index (χ2n) is 22.3. The topological polar surface area (TPSA) is 146 Å². The third kappa shape index (κ3) is 12.6. The summed E-state index contributed by atoms with van der Waals surface area (Å²) in [7, 11) is 0. The van der Waals surface area contributed by atoms with E-state index in [9.17, 15) is 38.2 Å². The van der Waals surface area contributed by atoms with Gasteiger partial charge in [0.25, 0.3) is 5.79 Å². The number of carboxylic acid groups (broad SMARTS) is 1. The van der Waals surface area contributed by atoms with E-state index >= 15 is 0 Å². The number of phenols is 1. The number of carboxylic acids is 1. The van der Waals surface area contributed by atoms with E-state index in [1.807, 2.05) is 12.1 Å². The van der Waals surface area contributed by atoms with Crippen LogP contribution in [0.5, 0.6) is 23.0 Å². The summed E-state index contributed by atoms with van der Waals surface area (Å²) in [6, 6.07) is 15.2. The number of benzene rings is 4. The number of aromatic hydroxyl groups is 1. The van der Waals surface area contributed by atoms with Crippen LogP contribution in [-0.2, 0) is 33.0 Å². The van der Waals surface area contributed by atoms with Gasteiger partial charge in [0.15, 0.2) is 0 Å². The van der Waals surface area contributed by atoms with Crippen molar-refractivity contribution >= 4 is 23.5 Å². The number of aryl methyl sites for hydroxylation is 2. The Morgan fingerprint density at radius 1 is 0.697 bits per heavy atom. The van der Waals surface area contributed by atoms with Gasteiger partial charge in [0.2, 0.25) is 5.78 Å². The third-order valence-electron chi connectivity index (χ3n) is 15.5. The lowest BCUT2D eigenvalue weighted by molar-refractivity contribution is -0.172. The number of rotatable bonds is 12. The van der Waals surface area contributed by atoms with E-state index < -0.39 is 29.1 Å². The van der Waals surface area contributed by atoms with Crippen LogP contribution in [0.3, 0.4) is 0 Å². The fraction of sp³-hybridized carbons (Fsp3) is 0.469. The van der Waals surface area contributed by atoms with Gasteiger partial charge in [0.05, 0.1) is 6.42 Å². The Kier molecular flexibility index (Phi) is 17.7. The Hall–Kier alpha value is -6.74. The average molecular weight is 1040 g/mol. The SMILES string of the molecule is CC(=O)C#Cc1ccc(F)cc1.CCCCCc1cc2c(c(O)c1C(=O)O)[C@@H]1C=C(C)CC[C@H]1C(C)(C)O2.CCCCCc1cc2c(c3c1C(=O)OC(CC(C)=O)(c1ccc(F)cc1)O3)[C@@H]1C=C(C)CC[C@H]1C(C)(C)O2. The van der Waals surface area contributed by atoms with E-state index in [2.05, 4.69) is 79.4 Å². The largest absolute Gasteiger partial charge is 0.507 e. The lowest BCUT2D eigenvalue weighted by Gasteiger charge is -2.48. The standard InChI is InChI=1S/C32H37FO5.C22H30O4.C10H7FO/c1-6-7-8-9-21-17-26-28(24-16-19(2)10-15-25(24)31(4,5)36-26)29-27(21)30(35)38-32(37-29,18-20(3)34)22-11-13-23(33)14-12-22;1-5-6-7-8-14-12-17-19(20(23)18(14)21(24)25)15-11-13(2)9-10-16(15)22(3,4)26-17;1-8(12)2-3-9-4-6-10(11)7-5-9/h11-14,16-17,24-25H,6-10,15,18H2,1-5H3;11-12,15-16,23H,5-10H2,1-4H3,(H,24,25);4-7H,1H3/t24-,25-,32?;15-,16-;/m11./s1. The van der Waals surface area contributed by atoms with Gasteiger partial charge >= 0.3 is 11.9 Å². The zero-order chi connectivity index (χ0) is 55.3. The smallest absolute Gasteiger partial charge is 0.345 e. The quantitative estimate of drug-likeness (QED) is 0.0608. The van der Waals surface area contributed by atoms with Gasteiger partial charge in [-0.1, -0.05) is 68.7 Å². The molecule has 76 heavy (non-hydrogen) atoms. The van der Waals surface area contributed by atoms with Crippen molar-refractivity contribution in [1.82, 2.24) is 0 Å². The van der Waals surface area contributed by atoms with Crippen LogP contribution in [-0.4, -0.2) is 44.9 Å². The van der Waals surface area contributed by atoms with E-state index in [4.69, 9.17) is 18.9 Å². The molecule has 0 amide bonds. The normalized spacial score (nSPS) is 21.9. The van der Waals surface area contributed by atoms with Gasteiger partial charge in [-0.15, -0.1) is 0 Å². The maximum atomic E-state index is 13.9. The molecule has 12 heteroatoms. The first-order chi connectivity index (χ1) is 36.0. The highest BCUT2D eigenvalue weighted by Crippen LogP contribution is 2.58. The molecule has 1 unspecified atom stereocenters. The number of unbranched alkanes of at least 4 members (excludes halogenated alkanes) is 4. The van der Waals surface area contributed by atoms with Crippen LogP contribution in [0.15, 0.2) is 84.0 Å². The molecule has 0 saturated carbocycles. The molecular weight excluding hydrogens is 967 g/mol. The lowest BCUT2D eigenvalue weighted by Crippen LogP contribution is -2.48. The molecular formula is C64H74F2O10. The minimum absolute atomic E-state index is 0.00455. The summed E-state index contributed by atoms with van der Waals surface area (Å²) < 4.78 is 51.9. The zero-order valence-corrected chi connectivity index (χ0v) is 45.8. The monoisotopic (exact) mass is 1040 g/mol. The van der Waals surface area contributed by atoms with Gasteiger partial charge in [-0.2, -0.15) is 0 Å². The number of halogens is 2. The minimum atomic E-state index is -1.69. The summed E-state index contributed by atoms with van der Waals surface area (Å²) in [6.07, 6.45) is 15.6. The third-order valence-corrected chi connectivity index (χ3v) is 15.5. The number of fused-ring (bicyclic) bond motifs is 8. The molecule has 2 aliphatic carbocycles. The Morgan fingerprint density at radius 2 is 1.20 bits per heavy atom. The molecule has 3 aliphatic heterocycles. The second kappa shape index (κ2) is 23.7. The number of aromatic carboxylic acids is 1. The van der Waals surface area contributed by atoms with Gasteiger partial charge in [0.1, 0.15) is 62.7 Å². The van der Waals surface area contributed by atoms with Crippen molar-refractivity contribution in [3.8, 4) is 34.8 Å². The minimum Gasteiger partial charge on any atom is -0.507 e. The number of ketones is 2. The number of carbonyl (C=O) groups is 4. The van der Waals surface area contributed by atoms with E-state index in [-0.39, 0.29) is 64.4 Å². The molecule has 5 atom stereocenters.